The first-order valence-electron chi connectivity index (χ1n) is 7.39. The average molecular weight is 393 g/mol. The maximum Gasteiger partial charge on any atom is 0.326 e. The molecule has 1 aromatic heterocycles. The zero-order chi connectivity index (χ0) is 18.6. The number of carbonyl (C=O) groups is 1. The van der Waals surface area contributed by atoms with Crippen molar-refractivity contribution in [3.05, 3.63) is 41.7 Å². The summed E-state index contributed by atoms with van der Waals surface area (Å²) in [6, 6.07) is 7.16. The molecule has 0 spiro atoms. The number of rotatable bonds is 2. The van der Waals surface area contributed by atoms with Gasteiger partial charge >= 0.3 is 10.2 Å². The lowest BCUT2D eigenvalue weighted by molar-refractivity contribution is 0.102. The SMILES string of the molecule is CN1c2cc(F)c(NC(=O)c3ccc4nsnc4c3)cc2N(C)S1(=O)=O. The third-order valence-electron chi connectivity index (χ3n) is 4.20. The third kappa shape index (κ3) is 2.39. The topological polar surface area (TPSA) is 95.5 Å². The van der Waals surface area contributed by atoms with E-state index in [1.165, 1.54) is 20.2 Å². The van der Waals surface area contributed by atoms with Gasteiger partial charge in [0.25, 0.3) is 5.91 Å². The number of benzene rings is 2. The molecule has 1 aliphatic heterocycles. The molecular weight excluding hydrogens is 381 g/mol. The Morgan fingerprint density at radius 1 is 1.08 bits per heavy atom. The Morgan fingerprint density at radius 2 is 1.73 bits per heavy atom. The van der Waals surface area contributed by atoms with E-state index >= 15 is 0 Å². The summed E-state index contributed by atoms with van der Waals surface area (Å²) in [7, 11) is -1.02. The summed E-state index contributed by atoms with van der Waals surface area (Å²) in [5.74, 6) is -1.26. The molecule has 1 N–H and O–H groups in total. The summed E-state index contributed by atoms with van der Waals surface area (Å²) in [6.45, 7) is 0. The van der Waals surface area contributed by atoms with Gasteiger partial charge in [0.1, 0.15) is 16.9 Å². The molecule has 134 valence electrons. The number of hydrogen-bond donors (Lipinski definition) is 1. The fourth-order valence-electron chi connectivity index (χ4n) is 2.70. The number of fused-ring (bicyclic) bond motifs is 2. The number of nitrogens with zero attached hydrogens (tertiary/aromatic N) is 4. The third-order valence-corrected chi connectivity index (χ3v) is 6.53. The van der Waals surface area contributed by atoms with Crippen LogP contribution in [0.1, 0.15) is 10.4 Å². The van der Waals surface area contributed by atoms with E-state index in [2.05, 4.69) is 14.1 Å². The number of anilines is 3. The van der Waals surface area contributed by atoms with E-state index in [4.69, 9.17) is 0 Å². The summed E-state index contributed by atoms with van der Waals surface area (Å²) in [6.07, 6.45) is 0. The summed E-state index contributed by atoms with van der Waals surface area (Å²) < 4.78 is 48.8. The molecule has 2 heterocycles. The molecule has 0 saturated heterocycles. The first-order chi connectivity index (χ1) is 12.3. The van der Waals surface area contributed by atoms with Crippen molar-refractivity contribution in [2.75, 3.05) is 28.0 Å². The van der Waals surface area contributed by atoms with Crippen LogP contribution in [0.15, 0.2) is 30.3 Å². The van der Waals surface area contributed by atoms with Crippen LogP contribution in [-0.2, 0) is 10.2 Å². The molecule has 8 nitrogen and oxygen atoms in total. The van der Waals surface area contributed by atoms with E-state index in [0.717, 1.165) is 26.4 Å². The van der Waals surface area contributed by atoms with Gasteiger partial charge in [0.2, 0.25) is 0 Å². The monoisotopic (exact) mass is 393 g/mol. The second-order valence-corrected chi connectivity index (χ2v) is 8.20. The molecule has 0 radical (unpaired) electrons. The van der Waals surface area contributed by atoms with Crippen molar-refractivity contribution in [2.24, 2.45) is 0 Å². The Kier molecular flexibility index (Phi) is 3.59. The molecule has 0 fully saturated rings. The van der Waals surface area contributed by atoms with Crippen LogP contribution in [0.3, 0.4) is 0 Å². The van der Waals surface area contributed by atoms with Gasteiger partial charge in [-0.2, -0.15) is 17.2 Å². The molecule has 3 aromatic rings. The Hall–Kier alpha value is -2.79. The highest BCUT2D eigenvalue weighted by Gasteiger charge is 2.36. The zero-order valence-electron chi connectivity index (χ0n) is 13.6. The van der Waals surface area contributed by atoms with Gasteiger partial charge in [0.15, 0.2) is 0 Å². The summed E-state index contributed by atoms with van der Waals surface area (Å²) in [5.41, 5.74) is 1.92. The van der Waals surface area contributed by atoms with Crippen LogP contribution < -0.4 is 13.9 Å². The predicted octanol–water partition coefficient (Wildman–Crippen LogP) is 2.21. The molecule has 0 unspecified atom stereocenters. The van der Waals surface area contributed by atoms with Crippen LogP contribution >= 0.6 is 11.7 Å². The molecule has 11 heteroatoms. The number of aromatic nitrogens is 2. The van der Waals surface area contributed by atoms with Crippen LogP contribution in [-0.4, -0.2) is 37.2 Å². The van der Waals surface area contributed by atoms with Crippen molar-refractivity contribution < 1.29 is 17.6 Å². The minimum absolute atomic E-state index is 0.109. The van der Waals surface area contributed by atoms with Gasteiger partial charge in [0, 0.05) is 25.7 Å². The number of halogens is 1. The highest BCUT2D eigenvalue weighted by molar-refractivity contribution is 7.94. The molecule has 1 amide bonds. The van der Waals surface area contributed by atoms with Crippen LogP contribution in [0, 0.1) is 5.82 Å². The van der Waals surface area contributed by atoms with Gasteiger partial charge < -0.3 is 5.32 Å². The Bertz CT molecular complexity index is 1160. The van der Waals surface area contributed by atoms with Gasteiger partial charge in [-0.1, -0.05) is 0 Å². The maximum absolute atomic E-state index is 14.4. The van der Waals surface area contributed by atoms with Crippen molar-refractivity contribution >= 4 is 55.9 Å². The molecule has 0 atom stereocenters. The van der Waals surface area contributed by atoms with Crippen LogP contribution in [0.4, 0.5) is 21.5 Å². The second kappa shape index (κ2) is 5.61. The van der Waals surface area contributed by atoms with Gasteiger partial charge in [-0.15, -0.1) is 0 Å². The van der Waals surface area contributed by atoms with E-state index in [1.54, 1.807) is 18.2 Å². The normalized spacial score (nSPS) is 15.3. The summed E-state index contributed by atoms with van der Waals surface area (Å²) >= 11 is 1.03. The largest absolute Gasteiger partial charge is 0.326 e. The molecule has 0 saturated carbocycles. The summed E-state index contributed by atoms with van der Waals surface area (Å²) in [4.78, 5) is 12.4. The molecule has 4 rings (SSSR count). The first-order valence-corrected chi connectivity index (χ1v) is 9.52. The van der Waals surface area contributed by atoms with Crippen molar-refractivity contribution in [3.8, 4) is 0 Å². The number of nitrogens with one attached hydrogen (secondary N) is 1. The number of carbonyl (C=O) groups excluding carboxylic acids is 1. The lowest BCUT2D eigenvalue weighted by Crippen LogP contribution is -2.32. The van der Waals surface area contributed by atoms with E-state index in [-0.39, 0.29) is 17.1 Å². The summed E-state index contributed by atoms with van der Waals surface area (Å²) in [5, 5.41) is 2.48. The maximum atomic E-state index is 14.4. The second-order valence-electron chi connectivity index (χ2n) is 5.69. The molecule has 0 aliphatic carbocycles. The van der Waals surface area contributed by atoms with Crippen molar-refractivity contribution in [1.82, 2.24) is 8.75 Å². The highest BCUT2D eigenvalue weighted by Crippen LogP contribution is 2.41. The van der Waals surface area contributed by atoms with Gasteiger partial charge in [0.05, 0.1) is 28.8 Å². The first kappa shape index (κ1) is 16.7. The number of amides is 1. The van der Waals surface area contributed by atoms with Crippen molar-refractivity contribution in [3.63, 3.8) is 0 Å². The quantitative estimate of drug-likeness (QED) is 0.720. The van der Waals surface area contributed by atoms with Crippen LogP contribution in [0.2, 0.25) is 0 Å². The Morgan fingerprint density at radius 3 is 2.46 bits per heavy atom. The molecular formula is C15H12FN5O3S2. The van der Waals surface area contributed by atoms with Crippen molar-refractivity contribution in [1.29, 1.82) is 0 Å². The predicted molar refractivity (Wildman–Crippen MR) is 97.5 cm³/mol. The highest BCUT2D eigenvalue weighted by atomic mass is 32.2. The van der Waals surface area contributed by atoms with Gasteiger partial charge in [-0.3, -0.25) is 13.4 Å². The molecule has 2 aromatic carbocycles. The van der Waals surface area contributed by atoms with Gasteiger partial charge in [-0.05, 0) is 24.3 Å². The molecule has 26 heavy (non-hydrogen) atoms. The van der Waals surface area contributed by atoms with Crippen LogP contribution in [0.5, 0.6) is 0 Å². The average Bonchev–Trinajstić information content (AvgIpc) is 3.14. The number of hydrogen-bond acceptors (Lipinski definition) is 6. The minimum Gasteiger partial charge on any atom is -0.319 e. The van der Waals surface area contributed by atoms with E-state index in [9.17, 15) is 17.6 Å². The lowest BCUT2D eigenvalue weighted by Gasteiger charge is -2.13. The van der Waals surface area contributed by atoms with E-state index in [1.807, 2.05) is 0 Å². The van der Waals surface area contributed by atoms with Gasteiger partial charge in [-0.25, -0.2) is 4.39 Å². The molecule has 0 bridgehead atoms. The Labute approximate surface area is 152 Å². The van der Waals surface area contributed by atoms with Crippen molar-refractivity contribution in [2.45, 2.75) is 0 Å². The van der Waals surface area contributed by atoms with Crippen LogP contribution in [0.25, 0.3) is 11.0 Å². The van der Waals surface area contributed by atoms with E-state index < -0.39 is 21.9 Å². The smallest absolute Gasteiger partial charge is 0.319 e. The lowest BCUT2D eigenvalue weighted by atomic mass is 10.1. The molecule has 1 aliphatic rings. The van der Waals surface area contributed by atoms with E-state index in [0.29, 0.717) is 16.6 Å². The zero-order valence-corrected chi connectivity index (χ0v) is 15.2. The fraction of sp³-hybridized carbons (Fsp3) is 0.133. The minimum atomic E-state index is -3.72. The standard InChI is InChI=1S/C15H12FN5O3S2/c1-20-13-6-9(16)11(7-14(13)21(2)26(20,23)24)17-15(22)8-3-4-10-12(5-8)19-25-18-10/h3-7H,1-2H3,(H,17,22). The Balaban J connectivity index is 1.69. The fourth-order valence-corrected chi connectivity index (χ4v) is 4.38.